The van der Waals surface area contributed by atoms with Crippen LogP contribution in [0.3, 0.4) is 0 Å². The SMILES string of the molecule is CCCCCC/C=[C]\c1c(C)cc(C)c(C)c1C. The number of unbranched alkanes of at least 4 members (excludes halogenated alkanes) is 4. The van der Waals surface area contributed by atoms with E-state index in [1.165, 1.54) is 53.5 Å². The second-order valence-corrected chi connectivity index (χ2v) is 5.33. The average Bonchev–Trinajstić information content (AvgIpc) is 2.34. The van der Waals surface area contributed by atoms with Crippen LogP contribution in [0.2, 0.25) is 0 Å². The summed E-state index contributed by atoms with van der Waals surface area (Å²) in [6, 6.07) is 2.27. The molecule has 0 bridgehead atoms. The summed E-state index contributed by atoms with van der Waals surface area (Å²) in [5, 5.41) is 0. The summed E-state index contributed by atoms with van der Waals surface area (Å²) in [6.07, 6.45) is 12.2. The maximum atomic E-state index is 3.50. The highest BCUT2D eigenvalue weighted by Crippen LogP contribution is 2.21. The molecule has 0 spiro atoms. The Balaban J connectivity index is 2.67. The van der Waals surface area contributed by atoms with Crippen LogP contribution in [-0.2, 0) is 0 Å². The van der Waals surface area contributed by atoms with E-state index in [4.69, 9.17) is 0 Å². The predicted molar refractivity (Wildman–Crippen MR) is 81.1 cm³/mol. The highest BCUT2D eigenvalue weighted by molar-refractivity contribution is 5.46. The molecule has 18 heavy (non-hydrogen) atoms. The monoisotopic (exact) mass is 243 g/mol. The van der Waals surface area contributed by atoms with Crippen LogP contribution in [0.1, 0.15) is 66.8 Å². The van der Waals surface area contributed by atoms with Crippen molar-refractivity contribution < 1.29 is 0 Å². The first-order chi connectivity index (χ1) is 8.57. The van der Waals surface area contributed by atoms with E-state index in [2.05, 4.69) is 52.8 Å². The Morgan fingerprint density at radius 3 is 2.33 bits per heavy atom. The van der Waals surface area contributed by atoms with Crippen LogP contribution in [0.15, 0.2) is 12.1 Å². The fourth-order valence-corrected chi connectivity index (χ4v) is 2.35. The van der Waals surface area contributed by atoms with E-state index in [0.29, 0.717) is 0 Å². The number of aryl methyl sites for hydroxylation is 2. The van der Waals surface area contributed by atoms with Crippen LogP contribution >= 0.6 is 0 Å². The molecule has 0 aliphatic carbocycles. The van der Waals surface area contributed by atoms with E-state index in [1.807, 2.05) is 0 Å². The Morgan fingerprint density at radius 2 is 1.67 bits per heavy atom. The lowest BCUT2D eigenvalue weighted by Gasteiger charge is -2.11. The van der Waals surface area contributed by atoms with Gasteiger partial charge in [0.2, 0.25) is 0 Å². The van der Waals surface area contributed by atoms with Crippen molar-refractivity contribution in [1.29, 1.82) is 0 Å². The molecule has 0 aromatic heterocycles. The zero-order valence-corrected chi connectivity index (χ0v) is 12.7. The van der Waals surface area contributed by atoms with E-state index >= 15 is 0 Å². The summed E-state index contributed by atoms with van der Waals surface area (Å²) in [4.78, 5) is 0. The van der Waals surface area contributed by atoms with E-state index in [0.717, 1.165) is 6.42 Å². The fourth-order valence-electron chi connectivity index (χ4n) is 2.35. The third kappa shape index (κ3) is 4.01. The maximum absolute atomic E-state index is 3.50. The van der Waals surface area contributed by atoms with Crippen LogP contribution in [0.4, 0.5) is 0 Å². The van der Waals surface area contributed by atoms with Gasteiger partial charge in [0.05, 0.1) is 0 Å². The number of hydrogen-bond acceptors (Lipinski definition) is 0. The molecule has 0 saturated heterocycles. The molecule has 0 nitrogen and oxygen atoms in total. The van der Waals surface area contributed by atoms with Gasteiger partial charge in [0.1, 0.15) is 0 Å². The molecule has 0 atom stereocenters. The molecule has 1 aromatic carbocycles. The van der Waals surface area contributed by atoms with Gasteiger partial charge < -0.3 is 0 Å². The van der Waals surface area contributed by atoms with Gasteiger partial charge in [0.25, 0.3) is 0 Å². The highest BCUT2D eigenvalue weighted by Gasteiger charge is 2.05. The first-order valence-electron chi connectivity index (χ1n) is 7.23. The first-order valence-corrected chi connectivity index (χ1v) is 7.23. The molecule has 0 aliphatic heterocycles. The normalized spacial score (nSPS) is 11.4. The lowest BCUT2D eigenvalue weighted by molar-refractivity contribution is 0.674. The minimum absolute atomic E-state index is 1.16. The predicted octanol–water partition coefficient (Wildman–Crippen LogP) is 5.60. The van der Waals surface area contributed by atoms with Gasteiger partial charge >= 0.3 is 0 Å². The number of allylic oxidation sites excluding steroid dienone is 1. The van der Waals surface area contributed by atoms with Gasteiger partial charge in [0, 0.05) is 0 Å². The Bertz CT molecular complexity index is 411. The van der Waals surface area contributed by atoms with E-state index < -0.39 is 0 Å². The lowest BCUT2D eigenvalue weighted by Crippen LogP contribution is -1.95. The second kappa shape index (κ2) is 7.41. The molecule has 0 heteroatoms. The summed E-state index contributed by atoms with van der Waals surface area (Å²) in [6.45, 7) is 11.0. The second-order valence-electron chi connectivity index (χ2n) is 5.33. The third-order valence-electron chi connectivity index (χ3n) is 3.80. The maximum Gasteiger partial charge on any atom is -0.0120 e. The van der Waals surface area contributed by atoms with Crippen molar-refractivity contribution in [2.75, 3.05) is 0 Å². The van der Waals surface area contributed by atoms with Crippen molar-refractivity contribution in [3.05, 3.63) is 46.0 Å². The molecule has 1 aromatic rings. The van der Waals surface area contributed by atoms with Crippen molar-refractivity contribution in [1.82, 2.24) is 0 Å². The minimum Gasteiger partial charge on any atom is -0.0760 e. The van der Waals surface area contributed by atoms with E-state index in [9.17, 15) is 0 Å². The lowest BCUT2D eigenvalue weighted by atomic mass is 9.94. The van der Waals surface area contributed by atoms with Crippen molar-refractivity contribution in [3.63, 3.8) is 0 Å². The largest absolute Gasteiger partial charge is 0.0760 e. The standard InChI is InChI=1S/C18H27/c1-6-7-8-9-10-11-12-18-15(3)13-14(2)16(4)17(18)5/h11,13H,6-10H2,1-5H3. The fraction of sp³-hybridized carbons (Fsp3) is 0.556. The van der Waals surface area contributed by atoms with Crippen molar-refractivity contribution in [2.24, 2.45) is 0 Å². The Morgan fingerprint density at radius 1 is 0.944 bits per heavy atom. The van der Waals surface area contributed by atoms with E-state index in [1.54, 1.807) is 0 Å². The van der Waals surface area contributed by atoms with Gasteiger partial charge in [-0.25, -0.2) is 0 Å². The van der Waals surface area contributed by atoms with Gasteiger partial charge in [-0.05, 0) is 74.4 Å². The Kier molecular flexibility index (Phi) is 6.18. The molecule has 0 N–H and O–H groups in total. The zero-order chi connectivity index (χ0) is 13.5. The molecule has 0 saturated carbocycles. The zero-order valence-electron chi connectivity index (χ0n) is 12.7. The summed E-state index contributed by atoms with van der Waals surface area (Å²) in [5.41, 5.74) is 6.83. The molecular formula is C18H27. The molecule has 1 radical (unpaired) electrons. The molecule has 1 rings (SSSR count). The van der Waals surface area contributed by atoms with Crippen molar-refractivity contribution in [3.8, 4) is 0 Å². The molecule has 0 unspecified atom stereocenters. The van der Waals surface area contributed by atoms with Crippen LogP contribution < -0.4 is 0 Å². The van der Waals surface area contributed by atoms with Crippen LogP contribution in [0.5, 0.6) is 0 Å². The van der Waals surface area contributed by atoms with Crippen LogP contribution in [0.25, 0.3) is 0 Å². The van der Waals surface area contributed by atoms with Gasteiger partial charge in [-0.1, -0.05) is 38.3 Å². The summed E-state index contributed by atoms with van der Waals surface area (Å²) < 4.78 is 0. The molecule has 0 fully saturated rings. The van der Waals surface area contributed by atoms with Gasteiger partial charge in [-0.3, -0.25) is 0 Å². The average molecular weight is 243 g/mol. The summed E-state index contributed by atoms with van der Waals surface area (Å²) in [5.74, 6) is 0. The van der Waals surface area contributed by atoms with Crippen molar-refractivity contribution >= 4 is 0 Å². The first kappa shape index (κ1) is 15.0. The quantitative estimate of drug-likeness (QED) is 0.571. The van der Waals surface area contributed by atoms with Gasteiger partial charge in [0.15, 0.2) is 0 Å². The molecule has 0 aliphatic rings. The molecule has 0 amide bonds. The summed E-state index contributed by atoms with van der Waals surface area (Å²) >= 11 is 0. The smallest absolute Gasteiger partial charge is 0.0120 e. The Hall–Kier alpha value is -1.04. The van der Waals surface area contributed by atoms with Gasteiger partial charge in [-0.2, -0.15) is 0 Å². The number of rotatable bonds is 6. The van der Waals surface area contributed by atoms with Crippen molar-refractivity contribution in [2.45, 2.75) is 66.7 Å². The number of benzene rings is 1. The Labute approximate surface area is 113 Å². The summed E-state index contributed by atoms with van der Waals surface area (Å²) in [7, 11) is 0. The van der Waals surface area contributed by atoms with Gasteiger partial charge in [-0.15, -0.1) is 0 Å². The highest BCUT2D eigenvalue weighted by atomic mass is 14.1. The van der Waals surface area contributed by atoms with E-state index in [-0.39, 0.29) is 0 Å². The topological polar surface area (TPSA) is 0 Å². The number of hydrogen-bond donors (Lipinski definition) is 0. The minimum atomic E-state index is 1.16. The molecular weight excluding hydrogens is 216 g/mol. The molecule has 99 valence electrons. The van der Waals surface area contributed by atoms with Crippen LogP contribution in [0, 0.1) is 33.8 Å². The molecule has 0 heterocycles. The van der Waals surface area contributed by atoms with Crippen LogP contribution in [-0.4, -0.2) is 0 Å². The third-order valence-corrected chi connectivity index (χ3v) is 3.80.